The molecule has 0 aromatic carbocycles. The van der Waals surface area contributed by atoms with Crippen LogP contribution in [0.1, 0.15) is 39.0 Å². The third-order valence-corrected chi connectivity index (χ3v) is 4.73. The quantitative estimate of drug-likeness (QED) is 0.623. The average molecular weight is 261 g/mol. The van der Waals surface area contributed by atoms with Gasteiger partial charge in [0.2, 0.25) is 0 Å². The van der Waals surface area contributed by atoms with E-state index < -0.39 is 0 Å². The molecular weight excluding hydrogens is 234 g/mol. The van der Waals surface area contributed by atoms with E-state index in [0.717, 1.165) is 18.8 Å². The number of ether oxygens (including phenoxy) is 1. The highest BCUT2D eigenvalue weighted by Crippen LogP contribution is 2.19. The Labute approximate surface area is 110 Å². The minimum absolute atomic E-state index is 0.0980. The second-order valence-electron chi connectivity index (χ2n) is 5.14. The van der Waals surface area contributed by atoms with Crippen molar-refractivity contribution >= 4 is 11.8 Å². The second-order valence-corrected chi connectivity index (χ2v) is 6.29. The lowest BCUT2D eigenvalue weighted by molar-refractivity contribution is 0.129. The molecule has 1 fully saturated rings. The van der Waals surface area contributed by atoms with Gasteiger partial charge in [-0.15, -0.1) is 0 Å². The van der Waals surface area contributed by atoms with E-state index in [-0.39, 0.29) is 12.1 Å². The summed E-state index contributed by atoms with van der Waals surface area (Å²) in [5, 5.41) is 12.4. The van der Waals surface area contributed by atoms with Crippen LogP contribution in [0.15, 0.2) is 0 Å². The van der Waals surface area contributed by atoms with Gasteiger partial charge < -0.3 is 15.2 Å². The molecule has 1 heterocycles. The molecule has 4 heteroatoms. The molecule has 0 aromatic rings. The lowest BCUT2D eigenvalue weighted by atomic mass is 9.96. The van der Waals surface area contributed by atoms with Gasteiger partial charge in [-0.1, -0.05) is 6.42 Å². The molecule has 1 aliphatic rings. The Hall–Kier alpha value is 0.230. The maximum Gasteiger partial charge on any atom is 0.0666 e. The van der Waals surface area contributed by atoms with Crippen LogP contribution in [0.3, 0.4) is 0 Å². The lowest BCUT2D eigenvalue weighted by Gasteiger charge is -2.26. The van der Waals surface area contributed by atoms with Gasteiger partial charge in [0.15, 0.2) is 0 Å². The Morgan fingerprint density at radius 2 is 2.29 bits per heavy atom. The van der Waals surface area contributed by atoms with Gasteiger partial charge in [-0.3, -0.25) is 0 Å². The number of hydrogen-bond donors (Lipinski definition) is 2. The monoisotopic (exact) mass is 261 g/mol. The summed E-state index contributed by atoms with van der Waals surface area (Å²) >= 11 is 2.01. The molecule has 2 N–H and O–H groups in total. The smallest absolute Gasteiger partial charge is 0.0666 e. The van der Waals surface area contributed by atoms with E-state index in [1.54, 1.807) is 0 Å². The van der Waals surface area contributed by atoms with E-state index in [9.17, 15) is 5.11 Å². The van der Waals surface area contributed by atoms with Crippen molar-refractivity contribution in [2.24, 2.45) is 0 Å². The number of thioether (sulfide) groups is 1. The molecule has 102 valence electrons. The van der Waals surface area contributed by atoms with Crippen LogP contribution in [0.2, 0.25) is 0 Å². The standard InChI is InChI=1S/C13H27NO2S/c1-13(11-15,14-2)7-3-4-9-17-10-12-6-5-8-16-12/h12,14-15H,3-11H2,1-2H3. The fourth-order valence-corrected chi connectivity index (χ4v) is 3.09. The molecule has 3 nitrogen and oxygen atoms in total. The van der Waals surface area contributed by atoms with Crippen molar-refractivity contribution in [3.63, 3.8) is 0 Å². The van der Waals surface area contributed by atoms with Crippen molar-refractivity contribution in [2.45, 2.75) is 50.7 Å². The first kappa shape index (κ1) is 15.3. The summed E-state index contributed by atoms with van der Waals surface area (Å²) in [6.07, 6.45) is 6.45. The highest BCUT2D eigenvalue weighted by molar-refractivity contribution is 7.99. The SMILES string of the molecule is CNC(C)(CO)CCCCSCC1CCCO1. The van der Waals surface area contributed by atoms with E-state index in [1.165, 1.54) is 31.4 Å². The number of rotatable bonds is 9. The summed E-state index contributed by atoms with van der Waals surface area (Å²) in [6.45, 7) is 3.25. The molecule has 0 radical (unpaired) electrons. The van der Waals surface area contributed by atoms with E-state index in [4.69, 9.17) is 4.74 Å². The fourth-order valence-electron chi connectivity index (χ4n) is 1.99. The Kier molecular flexibility index (Phi) is 7.51. The fraction of sp³-hybridized carbons (Fsp3) is 1.00. The van der Waals surface area contributed by atoms with Crippen LogP contribution in [0, 0.1) is 0 Å². The van der Waals surface area contributed by atoms with Gasteiger partial charge in [0.05, 0.1) is 12.7 Å². The van der Waals surface area contributed by atoms with Gasteiger partial charge in [-0.25, -0.2) is 0 Å². The topological polar surface area (TPSA) is 41.5 Å². The minimum Gasteiger partial charge on any atom is -0.394 e. The molecule has 0 aliphatic carbocycles. The van der Waals surface area contributed by atoms with Crippen LogP contribution in [0.4, 0.5) is 0 Å². The Morgan fingerprint density at radius 1 is 1.47 bits per heavy atom. The predicted octanol–water partition coefficient (Wildman–Crippen LogP) is 2.04. The van der Waals surface area contributed by atoms with Crippen LogP contribution in [0.5, 0.6) is 0 Å². The molecular formula is C13H27NO2S. The normalized spacial score (nSPS) is 23.8. The van der Waals surface area contributed by atoms with Gasteiger partial charge in [0.1, 0.15) is 0 Å². The summed E-state index contributed by atoms with van der Waals surface area (Å²) in [5.74, 6) is 2.37. The summed E-state index contributed by atoms with van der Waals surface area (Å²) in [6, 6.07) is 0. The third-order valence-electron chi connectivity index (χ3n) is 3.55. The summed E-state index contributed by atoms with van der Waals surface area (Å²) in [4.78, 5) is 0. The van der Waals surface area contributed by atoms with E-state index in [0.29, 0.717) is 6.10 Å². The first-order valence-electron chi connectivity index (χ1n) is 6.69. The van der Waals surface area contributed by atoms with E-state index in [1.807, 2.05) is 18.8 Å². The number of likely N-dealkylation sites (N-methyl/N-ethyl adjacent to an activating group) is 1. The zero-order valence-electron chi connectivity index (χ0n) is 11.2. The van der Waals surface area contributed by atoms with Crippen molar-refractivity contribution in [1.82, 2.24) is 5.32 Å². The number of hydrogen-bond acceptors (Lipinski definition) is 4. The third kappa shape index (κ3) is 6.09. The first-order valence-corrected chi connectivity index (χ1v) is 7.85. The van der Waals surface area contributed by atoms with Crippen LogP contribution in [-0.4, -0.2) is 48.5 Å². The van der Waals surface area contributed by atoms with Crippen molar-refractivity contribution < 1.29 is 9.84 Å². The van der Waals surface area contributed by atoms with Crippen LogP contribution in [-0.2, 0) is 4.74 Å². The largest absolute Gasteiger partial charge is 0.394 e. The molecule has 1 saturated heterocycles. The van der Waals surface area contributed by atoms with Crippen LogP contribution >= 0.6 is 11.8 Å². The van der Waals surface area contributed by atoms with Gasteiger partial charge in [0, 0.05) is 17.9 Å². The van der Waals surface area contributed by atoms with Crippen molar-refractivity contribution in [3.8, 4) is 0 Å². The second kappa shape index (κ2) is 8.35. The average Bonchev–Trinajstić information content (AvgIpc) is 2.86. The zero-order valence-corrected chi connectivity index (χ0v) is 12.0. The van der Waals surface area contributed by atoms with Crippen molar-refractivity contribution in [3.05, 3.63) is 0 Å². The Morgan fingerprint density at radius 3 is 2.88 bits per heavy atom. The number of nitrogens with one attached hydrogen (secondary N) is 1. The number of unbranched alkanes of at least 4 members (excludes halogenated alkanes) is 1. The summed E-state index contributed by atoms with van der Waals surface area (Å²) in [7, 11) is 1.92. The molecule has 0 aromatic heterocycles. The number of aliphatic hydroxyl groups is 1. The summed E-state index contributed by atoms with van der Waals surface area (Å²) < 4.78 is 5.58. The molecule has 0 amide bonds. The van der Waals surface area contributed by atoms with E-state index in [2.05, 4.69) is 12.2 Å². The number of aliphatic hydroxyl groups excluding tert-OH is 1. The molecule has 2 atom stereocenters. The van der Waals surface area contributed by atoms with Crippen molar-refractivity contribution in [1.29, 1.82) is 0 Å². The maximum absolute atomic E-state index is 9.25. The Bertz CT molecular complexity index is 192. The van der Waals surface area contributed by atoms with Crippen LogP contribution < -0.4 is 5.32 Å². The van der Waals surface area contributed by atoms with Gasteiger partial charge >= 0.3 is 0 Å². The molecule has 0 saturated carbocycles. The molecule has 0 spiro atoms. The highest BCUT2D eigenvalue weighted by atomic mass is 32.2. The molecule has 0 bridgehead atoms. The highest BCUT2D eigenvalue weighted by Gasteiger charge is 2.19. The van der Waals surface area contributed by atoms with Gasteiger partial charge in [-0.05, 0) is 45.4 Å². The van der Waals surface area contributed by atoms with Crippen molar-refractivity contribution in [2.75, 3.05) is 31.8 Å². The van der Waals surface area contributed by atoms with Gasteiger partial charge in [0.25, 0.3) is 0 Å². The Balaban J connectivity index is 1.93. The molecule has 1 rings (SSSR count). The molecule has 2 unspecified atom stereocenters. The van der Waals surface area contributed by atoms with Crippen LogP contribution in [0.25, 0.3) is 0 Å². The molecule has 17 heavy (non-hydrogen) atoms. The minimum atomic E-state index is -0.0980. The van der Waals surface area contributed by atoms with Gasteiger partial charge in [-0.2, -0.15) is 11.8 Å². The zero-order chi connectivity index (χ0) is 12.6. The molecule has 1 aliphatic heterocycles. The van der Waals surface area contributed by atoms with E-state index >= 15 is 0 Å². The predicted molar refractivity (Wildman–Crippen MR) is 74.7 cm³/mol. The lowest BCUT2D eigenvalue weighted by Crippen LogP contribution is -2.43. The maximum atomic E-state index is 9.25. The summed E-state index contributed by atoms with van der Waals surface area (Å²) in [5.41, 5.74) is -0.0980. The first-order chi connectivity index (χ1) is 8.20.